The number of nitrogens with zero attached hydrogens (tertiary/aromatic N) is 4. The number of nitriles is 1. The van der Waals surface area contributed by atoms with Crippen molar-refractivity contribution >= 4 is 11.4 Å². The maximum atomic E-state index is 12.2. The van der Waals surface area contributed by atoms with E-state index in [2.05, 4.69) is 10.2 Å². The van der Waals surface area contributed by atoms with Gasteiger partial charge in [0.15, 0.2) is 12.0 Å². The van der Waals surface area contributed by atoms with Crippen LogP contribution >= 0.6 is 0 Å². The fourth-order valence-electron chi connectivity index (χ4n) is 2.14. The number of hydrogen-bond donors (Lipinski definition) is 2. The molecule has 1 aromatic heterocycles. The molecule has 1 aromatic carbocycles. The van der Waals surface area contributed by atoms with Gasteiger partial charge in [-0.1, -0.05) is 18.2 Å². The van der Waals surface area contributed by atoms with E-state index in [1.165, 1.54) is 21.1 Å². The van der Waals surface area contributed by atoms with Gasteiger partial charge in [-0.15, -0.1) is 10.2 Å². The monoisotopic (exact) mass is 328 g/mol. The number of pyridine rings is 1. The Morgan fingerprint density at radius 3 is 2.62 bits per heavy atom. The lowest BCUT2D eigenvalue weighted by molar-refractivity contribution is -0.0765. The second kappa shape index (κ2) is 7.04. The van der Waals surface area contributed by atoms with Gasteiger partial charge in [0, 0.05) is 25.3 Å². The van der Waals surface area contributed by atoms with Crippen LogP contribution in [-0.4, -0.2) is 21.9 Å². The van der Waals surface area contributed by atoms with Gasteiger partial charge < -0.3 is 14.9 Å². The van der Waals surface area contributed by atoms with E-state index in [4.69, 9.17) is 10.00 Å². The molecule has 0 saturated heterocycles. The molecule has 24 heavy (non-hydrogen) atoms. The highest BCUT2D eigenvalue weighted by atomic mass is 16.6. The van der Waals surface area contributed by atoms with Crippen LogP contribution < -0.4 is 5.56 Å². The summed E-state index contributed by atoms with van der Waals surface area (Å²) < 4.78 is 5.79. The molecule has 8 nitrogen and oxygen atoms in total. The highest BCUT2D eigenvalue weighted by molar-refractivity contribution is 5.57. The van der Waals surface area contributed by atoms with Crippen LogP contribution in [0.4, 0.5) is 11.4 Å². The molecule has 124 valence electrons. The highest BCUT2D eigenvalue weighted by Crippen LogP contribution is 2.29. The zero-order chi connectivity index (χ0) is 17.9. The van der Waals surface area contributed by atoms with Crippen molar-refractivity contribution in [2.75, 3.05) is 7.11 Å². The summed E-state index contributed by atoms with van der Waals surface area (Å²) in [5, 5.41) is 36.7. The van der Waals surface area contributed by atoms with Crippen molar-refractivity contribution in [3.63, 3.8) is 0 Å². The molecular formula is C16H16N4O4. The topological polar surface area (TPSA) is 120 Å². The third kappa shape index (κ3) is 3.03. The predicted octanol–water partition coefficient (Wildman–Crippen LogP) is 2.32. The molecule has 0 amide bonds. The first kappa shape index (κ1) is 17.3. The summed E-state index contributed by atoms with van der Waals surface area (Å²) in [7, 11) is 2.68. The third-order valence-corrected chi connectivity index (χ3v) is 3.57. The van der Waals surface area contributed by atoms with Crippen LogP contribution in [-0.2, 0) is 11.8 Å². The minimum absolute atomic E-state index is 0.0451. The molecule has 0 aliphatic rings. The van der Waals surface area contributed by atoms with E-state index in [1.807, 2.05) is 6.07 Å². The maximum Gasteiger partial charge on any atom is 0.281 e. The molecule has 0 radical (unpaired) electrons. The SMILES string of the molecule is COC(O)c1ccccc1N=Nc1c(C)c(C#N)c(O)n(C)c1=O. The van der Waals surface area contributed by atoms with Crippen molar-refractivity contribution < 1.29 is 14.9 Å². The molecule has 0 saturated carbocycles. The Morgan fingerprint density at radius 1 is 1.33 bits per heavy atom. The van der Waals surface area contributed by atoms with E-state index in [9.17, 15) is 15.0 Å². The van der Waals surface area contributed by atoms with Gasteiger partial charge in [0.25, 0.3) is 5.56 Å². The maximum absolute atomic E-state index is 12.2. The normalized spacial score (nSPS) is 12.3. The van der Waals surface area contributed by atoms with Crippen LogP contribution in [0.1, 0.15) is 23.0 Å². The highest BCUT2D eigenvalue weighted by Gasteiger charge is 2.17. The van der Waals surface area contributed by atoms with Crippen molar-refractivity contribution in [3.05, 3.63) is 51.3 Å². The molecule has 0 aliphatic carbocycles. The van der Waals surface area contributed by atoms with Gasteiger partial charge in [-0.2, -0.15) is 5.26 Å². The Kier molecular flexibility index (Phi) is 5.08. The van der Waals surface area contributed by atoms with Gasteiger partial charge in [0.1, 0.15) is 11.6 Å². The molecule has 0 fully saturated rings. The van der Waals surface area contributed by atoms with Gasteiger partial charge in [0.05, 0.1) is 5.69 Å². The van der Waals surface area contributed by atoms with E-state index in [0.717, 1.165) is 4.57 Å². The van der Waals surface area contributed by atoms with Crippen LogP contribution in [0, 0.1) is 18.3 Å². The summed E-state index contributed by atoms with van der Waals surface area (Å²) in [4.78, 5) is 12.2. The second-order valence-electron chi connectivity index (χ2n) is 5.00. The van der Waals surface area contributed by atoms with Crippen LogP contribution in [0.25, 0.3) is 0 Å². The molecule has 0 bridgehead atoms. The van der Waals surface area contributed by atoms with Gasteiger partial charge in [-0.25, -0.2) is 0 Å². The number of hydrogen-bond acceptors (Lipinski definition) is 7. The smallest absolute Gasteiger partial charge is 0.281 e. The zero-order valence-electron chi connectivity index (χ0n) is 13.4. The minimum atomic E-state index is -1.18. The van der Waals surface area contributed by atoms with Crippen LogP contribution in [0.5, 0.6) is 5.88 Å². The zero-order valence-corrected chi connectivity index (χ0v) is 13.4. The average Bonchev–Trinajstić information content (AvgIpc) is 2.60. The van der Waals surface area contributed by atoms with Gasteiger partial charge in [-0.3, -0.25) is 9.36 Å². The third-order valence-electron chi connectivity index (χ3n) is 3.57. The number of aromatic hydroxyl groups is 1. The minimum Gasteiger partial charge on any atom is -0.493 e. The fraction of sp³-hybridized carbons (Fsp3) is 0.250. The van der Waals surface area contributed by atoms with E-state index in [-0.39, 0.29) is 16.8 Å². The number of aliphatic hydroxyl groups excluding tert-OH is 1. The van der Waals surface area contributed by atoms with Crippen molar-refractivity contribution in [2.45, 2.75) is 13.2 Å². The number of azo groups is 1. The summed E-state index contributed by atoms with van der Waals surface area (Å²) in [6.07, 6.45) is -1.18. The Morgan fingerprint density at radius 2 is 2.00 bits per heavy atom. The van der Waals surface area contributed by atoms with Crippen LogP contribution in [0.3, 0.4) is 0 Å². The number of methoxy groups -OCH3 is 1. The summed E-state index contributed by atoms with van der Waals surface area (Å²) in [6.45, 7) is 1.50. The Labute approximate surface area is 137 Å². The molecule has 1 atom stereocenters. The van der Waals surface area contributed by atoms with Crippen LogP contribution in [0.15, 0.2) is 39.3 Å². The Hall–Kier alpha value is -3.02. The predicted molar refractivity (Wildman–Crippen MR) is 85.4 cm³/mol. The summed E-state index contributed by atoms with van der Waals surface area (Å²) in [5.41, 5.74) is 0.242. The van der Waals surface area contributed by atoms with E-state index < -0.39 is 17.7 Å². The first-order valence-electron chi connectivity index (χ1n) is 6.96. The molecule has 8 heteroatoms. The number of aliphatic hydroxyl groups is 1. The standard InChI is InChI=1S/C16H16N4O4/c1-9-11(8-17)14(21)20(2)15(22)13(9)19-18-12-7-5-4-6-10(12)16(23)24-3/h4-7,16,21,23H,1-3H3. The molecular weight excluding hydrogens is 312 g/mol. The molecule has 0 aliphatic heterocycles. The van der Waals surface area contributed by atoms with Gasteiger partial charge in [-0.05, 0) is 13.0 Å². The molecule has 2 aromatic rings. The lowest BCUT2D eigenvalue weighted by Gasteiger charge is -2.11. The van der Waals surface area contributed by atoms with E-state index in [1.54, 1.807) is 24.3 Å². The lowest BCUT2D eigenvalue weighted by Crippen LogP contribution is -2.18. The molecule has 0 spiro atoms. The van der Waals surface area contributed by atoms with Crippen molar-refractivity contribution in [3.8, 4) is 11.9 Å². The Bertz CT molecular complexity index is 896. The van der Waals surface area contributed by atoms with Crippen molar-refractivity contribution in [1.29, 1.82) is 5.26 Å². The number of ether oxygens (including phenoxy) is 1. The van der Waals surface area contributed by atoms with E-state index >= 15 is 0 Å². The summed E-state index contributed by atoms with van der Waals surface area (Å²) in [5.74, 6) is -0.422. The lowest BCUT2D eigenvalue weighted by atomic mass is 10.1. The average molecular weight is 328 g/mol. The fourth-order valence-corrected chi connectivity index (χ4v) is 2.14. The van der Waals surface area contributed by atoms with Crippen LogP contribution in [0.2, 0.25) is 0 Å². The largest absolute Gasteiger partial charge is 0.493 e. The molecule has 1 heterocycles. The molecule has 2 rings (SSSR count). The quantitative estimate of drug-likeness (QED) is 0.659. The van der Waals surface area contributed by atoms with E-state index in [0.29, 0.717) is 11.3 Å². The Balaban J connectivity index is 2.58. The van der Waals surface area contributed by atoms with Gasteiger partial charge in [0.2, 0.25) is 5.88 Å². The summed E-state index contributed by atoms with van der Waals surface area (Å²) >= 11 is 0. The number of aromatic nitrogens is 1. The molecule has 2 N–H and O–H groups in total. The van der Waals surface area contributed by atoms with Crippen molar-refractivity contribution in [2.24, 2.45) is 17.3 Å². The first-order chi connectivity index (χ1) is 11.4. The van der Waals surface area contributed by atoms with Gasteiger partial charge >= 0.3 is 0 Å². The second-order valence-corrected chi connectivity index (χ2v) is 5.00. The summed E-state index contributed by atoms with van der Waals surface area (Å²) in [6, 6.07) is 8.46. The number of rotatable bonds is 4. The number of benzene rings is 1. The van der Waals surface area contributed by atoms with Crippen molar-refractivity contribution in [1.82, 2.24) is 4.57 Å². The first-order valence-corrected chi connectivity index (χ1v) is 6.96. The molecule has 1 unspecified atom stereocenters.